The molecule has 7 nitrogen and oxygen atoms in total. The van der Waals surface area contributed by atoms with E-state index in [0.29, 0.717) is 23.1 Å². The van der Waals surface area contributed by atoms with Gasteiger partial charge in [-0.05, 0) is 30.2 Å². The summed E-state index contributed by atoms with van der Waals surface area (Å²) in [5.41, 5.74) is 2.28. The zero-order valence-corrected chi connectivity index (χ0v) is 14.2. The van der Waals surface area contributed by atoms with Gasteiger partial charge in [0.05, 0.1) is 17.0 Å². The predicted octanol–water partition coefficient (Wildman–Crippen LogP) is 2.53. The minimum atomic E-state index is -0.446. The van der Waals surface area contributed by atoms with Crippen molar-refractivity contribution in [2.45, 2.75) is 19.3 Å². The lowest BCUT2D eigenvalue weighted by molar-refractivity contribution is -0.149. The number of nitrogens with one attached hydrogen (secondary N) is 3. The van der Waals surface area contributed by atoms with Crippen molar-refractivity contribution in [2.24, 2.45) is 0 Å². The molecule has 0 aliphatic carbocycles. The van der Waals surface area contributed by atoms with Gasteiger partial charge in [-0.3, -0.25) is 9.59 Å². The molecule has 0 bridgehead atoms. The van der Waals surface area contributed by atoms with E-state index < -0.39 is 17.8 Å². The summed E-state index contributed by atoms with van der Waals surface area (Å²) >= 11 is 0. The van der Waals surface area contributed by atoms with Crippen LogP contribution in [-0.2, 0) is 14.3 Å². The van der Waals surface area contributed by atoms with Crippen molar-refractivity contribution in [1.29, 1.82) is 0 Å². The second kappa shape index (κ2) is 7.69. The molecular formula is C19H19N3O4. The van der Waals surface area contributed by atoms with Crippen LogP contribution in [0.15, 0.2) is 53.3 Å². The highest BCUT2D eigenvalue weighted by molar-refractivity contribution is 5.95. The van der Waals surface area contributed by atoms with E-state index >= 15 is 0 Å². The molecule has 26 heavy (non-hydrogen) atoms. The van der Waals surface area contributed by atoms with E-state index in [4.69, 9.17) is 4.74 Å². The Balaban J connectivity index is 1.58. The molecule has 134 valence electrons. The summed E-state index contributed by atoms with van der Waals surface area (Å²) in [7, 11) is 0. The maximum atomic E-state index is 12.3. The van der Waals surface area contributed by atoms with Gasteiger partial charge >= 0.3 is 11.7 Å². The normalized spacial score (nSPS) is 11.9. The number of benzene rings is 2. The number of H-pyrrole nitrogens is 2. The van der Waals surface area contributed by atoms with Gasteiger partial charge in [-0.2, -0.15) is 0 Å². The van der Waals surface area contributed by atoms with E-state index in [1.807, 2.05) is 37.3 Å². The summed E-state index contributed by atoms with van der Waals surface area (Å²) in [6.07, 6.45) is 0.585. The zero-order valence-electron chi connectivity index (χ0n) is 14.2. The molecular weight excluding hydrogens is 334 g/mol. The molecule has 7 heteroatoms. The van der Waals surface area contributed by atoms with Gasteiger partial charge in [-0.15, -0.1) is 0 Å². The number of ether oxygens (including phenoxy) is 1. The number of amides is 1. The molecule has 0 fully saturated rings. The first-order valence-corrected chi connectivity index (χ1v) is 8.30. The number of hydrogen-bond acceptors (Lipinski definition) is 4. The molecule has 3 rings (SSSR count). The molecule has 0 unspecified atom stereocenters. The maximum absolute atomic E-state index is 12.3. The van der Waals surface area contributed by atoms with Gasteiger partial charge in [0, 0.05) is 5.69 Å². The van der Waals surface area contributed by atoms with Gasteiger partial charge in [0.25, 0.3) is 5.91 Å². The van der Waals surface area contributed by atoms with Gasteiger partial charge < -0.3 is 20.0 Å². The fourth-order valence-electron chi connectivity index (χ4n) is 2.77. The molecule has 2 aromatic carbocycles. The first-order valence-electron chi connectivity index (χ1n) is 8.30. The van der Waals surface area contributed by atoms with Crippen LogP contribution in [0.2, 0.25) is 0 Å². The predicted molar refractivity (Wildman–Crippen MR) is 98.0 cm³/mol. The molecule has 1 heterocycles. The Labute approximate surface area is 149 Å². The summed E-state index contributed by atoms with van der Waals surface area (Å²) in [5.74, 6) is -1.27. The van der Waals surface area contributed by atoms with Crippen LogP contribution in [0.4, 0.5) is 5.69 Å². The molecule has 0 aliphatic rings. The van der Waals surface area contributed by atoms with Crippen molar-refractivity contribution in [1.82, 2.24) is 9.97 Å². The second-order valence-corrected chi connectivity index (χ2v) is 5.87. The van der Waals surface area contributed by atoms with Crippen molar-refractivity contribution < 1.29 is 14.3 Å². The van der Waals surface area contributed by atoms with Crippen LogP contribution < -0.4 is 11.0 Å². The number of carbonyl (C=O) groups excluding carboxylic acids is 2. The number of anilines is 1. The third-order valence-corrected chi connectivity index (χ3v) is 4.04. The van der Waals surface area contributed by atoms with Crippen LogP contribution in [0, 0.1) is 0 Å². The molecule has 1 aromatic heterocycles. The summed E-state index contributed by atoms with van der Waals surface area (Å²) in [4.78, 5) is 40.8. The van der Waals surface area contributed by atoms with Crippen molar-refractivity contribution in [3.63, 3.8) is 0 Å². The van der Waals surface area contributed by atoms with E-state index in [1.54, 1.807) is 18.2 Å². The van der Waals surface area contributed by atoms with E-state index in [1.165, 1.54) is 0 Å². The van der Waals surface area contributed by atoms with Crippen LogP contribution in [0.5, 0.6) is 0 Å². The lowest BCUT2D eigenvalue weighted by atomic mass is 9.97. The summed E-state index contributed by atoms with van der Waals surface area (Å²) in [6.45, 7) is 1.52. The monoisotopic (exact) mass is 353 g/mol. The largest absolute Gasteiger partial charge is 0.455 e. The molecule has 0 saturated carbocycles. The highest BCUT2D eigenvalue weighted by Crippen LogP contribution is 2.21. The first-order chi connectivity index (χ1) is 12.6. The Morgan fingerprint density at radius 1 is 1.08 bits per heavy atom. The van der Waals surface area contributed by atoms with E-state index in [-0.39, 0.29) is 12.3 Å². The van der Waals surface area contributed by atoms with E-state index in [0.717, 1.165) is 5.56 Å². The highest BCUT2D eigenvalue weighted by Gasteiger charge is 2.21. The Kier molecular flexibility index (Phi) is 5.17. The number of carbonyl (C=O) groups is 2. The molecule has 0 saturated heterocycles. The number of esters is 1. The minimum absolute atomic E-state index is 0.316. The zero-order chi connectivity index (χ0) is 18.5. The van der Waals surface area contributed by atoms with Crippen LogP contribution in [0.1, 0.15) is 24.8 Å². The van der Waals surface area contributed by atoms with Crippen molar-refractivity contribution in [2.75, 3.05) is 11.9 Å². The number of fused-ring (bicyclic) bond motifs is 1. The number of aromatic amines is 2. The number of aromatic nitrogens is 2. The fraction of sp³-hybridized carbons (Fsp3) is 0.211. The lowest BCUT2D eigenvalue weighted by Crippen LogP contribution is -2.23. The molecule has 0 aliphatic heterocycles. The number of rotatable bonds is 6. The summed E-state index contributed by atoms with van der Waals surface area (Å²) in [6, 6.07) is 14.3. The number of hydrogen-bond donors (Lipinski definition) is 3. The van der Waals surface area contributed by atoms with Crippen LogP contribution in [-0.4, -0.2) is 28.5 Å². The van der Waals surface area contributed by atoms with Gasteiger partial charge in [0.2, 0.25) is 0 Å². The Hall–Kier alpha value is -3.35. The Morgan fingerprint density at radius 2 is 1.81 bits per heavy atom. The van der Waals surface area contributed by atoms with E-state index in [2.05, 4.69) is 15.3 Å². The Morgan fingerprint density at radius 3 is 2.54 bits per heavy atom. The van der Waals surface area contributed by atoms with Crippen molar-refractivity contribution >= 4 is 28.6 Å². The molecule has 1 atom stereocenters. The molecule has 0 spiro atoms. The third-order valence-electron chi connectivity index (χ3n) is 4.04. The molecule has 3 N–H and O–H groups in total. The lowest BCUT2D eigenvalue weighted by Gasteiger charge is -2.14. The SMILES string of the molecule is CC[C@@H](C(=O)OCC(=O)Nc1ccc2[nH]c(=O)[nH]c2c1)c1ccccc1. The van der Waals surface area contributed by atoms with Crippen LogP contribution in [0.3, 0.4) is 0 Å². The average molecular weight is 353 g/mol. The van der Waals surface area contributed by atoms with Crippen molar-refractivity contribution in [3.05, 3.63) is 64.6 Å². The first kappa shape index (κ1) is 17.5. The third kappa shape index (κ3) is 4.00. The van der Waals surface area contributed by atoms with Gasteiger partial charge in [-0.1, -0.05) is 37.3 Å². The van der Waals surface area contributed by atoms with Gasteiger partial charge in [-0.25, -0.2) is 4.79 Å². The van der Waals surface area contributed by atoms with Crippen molar-refractivity contribution in [3.8, 4) is 0 Å². The smallest absolute Gasteiger partial charge is 0.323 e. The number of imidazole rings is 1. The molecule has 1 amide bonds. The minimum Gasteiger partial charge on any atom is -0.455 e. The standard InChI is InChI=1S/C19H19N3O4/c1-2-14(12-6-4-3-5-7-12)18(24)26-11-17(23)20-13-8-9-15-16(10-13)22-19(25)21-15/h3-10,14H,2,11H2,1H3,(H,20,23)(H2,21,22,25)/t14-/m1/s1. The summed E-state index contributed by atoms with van der Waals surface area (Å²) < 4.78 is 5.16. The van der Waals surface area contributed by atoms with E-state index in [9.17, 15) is 14.4 Å². The second-order valence-electron chi connectivity index (χ2n) is 5.87. The molecule has 3 aromatic rings. The quantitative estimate of drug-likeness (QED) is 0.592. The maximum Gasteiger partial charge on any atom is 0.323 e. The fourth-order valence-corrected chi connectivity index (χ4v) is 2.77. The average Bonchev–Trinajstić information content (AvgIpc) is 3.01. The van der Waals surface area contributed by atoms with Crippen LogP contribution in [0.25, 0.3) is 11.0 Å². The Bertz CT molecular complexity index is 975. The topological polar surface area (TPSA) is 104 Å². The van der Waals surface area contributed by atoms with Gasteiger partial charge in [0.15, 0.2) is 6.61 Å². The summed E-state index contributed by atoms with van der Waals surface area (Å²) in [5, 5.41) is 2.64. The van der Waals surface area contributed by atoms with Gasteiger partial charge in [0.1, 0.15) is 0 Å². The molecule has 0 radical (unpaired) electrons. The van der Waals surface area contributed by atoms with Crippen LogP contribution >= 0.6 is 0 Å². The highest BCUT2D eigenvalue weighted by atomic mass is 16.5.